The van der Waals surface area contributed by atoms with Gasteiger partial charge in [-0.3, -0.25) is 0 Å². The van der Waals surface area contributed by atoms with E-state index in [1.54, 1.807) is 0 Å². The van der Waals surface area contributed by atoms with E-state index < -0.39 is 6.09 Å². The van der Waals surface area contributed by atoms with E-state index in [4.69, 9.17) is 5.11 Å². The molecule has 0 aromatic rings. The molecule has 4 nitrogen and oxygen atoms in total. The Bertz CT molecular complexity index is 218. The summed E-state index contributed by atoms with van der Waals surface area (Å²) in [6.07, 6.45) is 1.07. The molecule has 0 spiro atoms. The Labute approximate surface area is 77.7 Å². The lowest BCUT2D eigenvalue weighted by Gasteiger charge is -2.24. The van der Waals surface area contributed by atoms with Gasteiger partial charge in [0.05, 0.1) is 0 Å². The summed E-state index contributed by atoms with van der Waals surface area (Å²) in [5.41, 5.74) is -0.177. The quantitative estimate of drug-likeness (QED) is 0.560. The van der Waals surface area contributed by atoms with Gasteiger partial charge in [0.15, 0.2) is 0 Å². The molecular weight excluding hydrogens is 168 g/mol. The van der Waals surface area contributed by atoms with E-state index in [9.17, 15) is 4.79 Å². The summed E-state index contributed by atoms with van der Waals surface area (Å²) in [5.74, 6) is 1.36. The van der Waals surface area contributed by atoms with Gasteiger partial charge in [-0.2, -0.15) is 0 Å². The van der Waals surface area contributed by atoms with Gasteiger partial charge in [-0.05, 0) is 44.7 Å². The molecule has 2 rings (SSSR count). The number of amides is 1. The average Bonchev–Trinajstić information content (AvgIpc) is 2.41. The van der Waals surface area contributed by atoms with Gasteiger partial charge >= 0.3 is 6.09 Å². The monoisotopic (exact) mass is 184 g/mol. The zero-order valence-electron chi connectivity index (χ0n) is 7.84. The fourth-order valence-corrected chi connectivity index (χ4v) is 2.87. The number of fused-ring (bicyclic) bond motifs is 1. The second-order valence-electron chi connectivity index (χ2n) is 4.58. The van der Waals surface area contributed by atoms with E-state index in [0.29, 0.717) is 11.8 Å². The van der Waals surface area contributed by atoms with Crippen molar-refractivity contribution >= 4 is 6.09 Å². The maximum Gasteiger partial charge on any atom is 0.405 e. The molecule has 1 amide bonds. The summed E-state index contributed by atoms with van der Waals surface area (Å²) in [6, 6.07) is 0. The highest BCUT2D eigenvalue weighted by Gasteiger charge is 2.44. The molecule has 0 radical (unpaired) electrons. The molecule has 1 saturated heterocycles. The van der Waals surface area contributed by atoms with Crippen LogP contribution in [0.1, 0.15) is 19.8 Å². The van der Waals surface area contributed by atoms with Crippen molar-refractivity contribution in [2.75, 3.05) is 13.1 Å². The molecule has 13 heavy (non-hydrogen) atoms. The summed E-state index contributed by atoms with van der Waals surface area (Å²) in [7, 11) is 0. The standard InChI is InChI=1S/C9H16N2O2/c1-9(11-8(12)13)2-6-4-10-5-7(6)3-9/h6-7,10-11H,2-5H2,1H3,(H,12,13)/t6-,7+,9?. The Balaban J connectivity index is 2.00. The van der Waals surface area contributed by atoms with Crippen molar-refractivity contribution in [2.24, 2.45) is 11.8 Å². The third-order valence-electron chi connectivity index (χ3n) is 3.31. The highest BCUT2D eigenvalue weighted by Crippen LogP contribution is 2.40. The van der Waals surface area contributed by atoms with Crippen molar-refractivity contribution in [3.8, 4) is 0 Å². The highest BCUT2D eigenvalue weighted by atomic mass is 16.4. The summed E-state index contributed by atoms with van der Waals surface area (Å²) in [6.45, 7) is 4.13. The van der Waals surface area contributed by atoms with Crippen LogP contribution in [0.4, 0.5) is 4.79 Å². The van der Waals surface area contributed by atoms with Crippen molar-refractivity contribution in [3.05, 3.63) is 0 Å². The Hall–Kier alpha value is -0.770. The normalized spacial score (nSPS) is 43.2. The second-order valence-corrected chi connectivity index (χ2v) is 4.58. The third kappa shape index (κ3) is 1.63. The summed E-state index contributed by atoms with van der Waals surface area (Å²) in [4.78, 5) is 10.6. The number of carbonyl (C=O) groups is 1. The van der Waals surface area contributed by atoms with Crippen molar-refractivity contribution in [1.82, 2.24) is 10.6 Å². The molecule has 1 aliphatic heterocycles. The summed E-state index contributed by atoms with van der Waals surface area (Å²) in [5, 5.41) is 14.7. The van der Waals surface area contributed by atoms with E-state index in [0.717, 1.165) is 25.9 Å². The van der Waals surface area contributed by atoms with Crippen LogP contribution in [-0.2, 0) is 0 Å². The van der Waals surface area contributed by atoms with Gasteiger partial charge in [-0.1, -0.05) is 0 Å². The van der Waals surface area contributed by atoms with Gasteiger partial charge < -0.3 is 15.7 Å². The Morgan fingerprint density at radius 1 is 1.46 bits per heavy atom. The predicted octanol–water partition coefficient (Wildman–Crippen LogP) is 0.642. The molecule has 1 unspecified atom stereocenters. The number of carboxylic acid groups (broad SMARTS) is 1. The molecule has 1 heterocycles. The Kier molecular flexibility index (Phi) is 1.95. The molecule has 74 valence electrons. The van der Waals surface area contributed by atoms with Gasteiger partial charge in [0.1, 0.15) is 0 Å². The largest absolute Gasteiger partial charge is 0.465 e. The van der Waals surface area contributed by atoms with Gasteiger partial charge in [0, 0.05) is 5.54 Å². The fraction of sp³-hybridized carbons (Fsp3) is 0.889. The SMILES string of the molecule is CC1(NC(=O)O)C[C@H]2CNC[C@H]2C1. The zero-order chi connectivity index (χ0) is 9.47. The van der Waals surface area contributed by atoms with Crippen LogP contribution in [0.3, 0.4) is 0 Å². The molecular formula is C9H16N2O2. The van der Waals surface area contributed by atoms with Crippen LogP contribution < -0.4 is 10.6 Å². The smallest absolute Gasteiger partial charge is 0.405 e. The van der Waals surface area contributed by atoms with Crippen molar-refractivity contribution in [3.63, 3.8) is 0 Å². The van der Waals surface area contributed by atoms with E-state index >= 15 is 0 Å². The van der Waals surface area contributed by atoms with Gasteiger partial charge in [0.25, 0.3) is 0 Å². The molecule has 3 atom stereocenters. The number of rotatable bonds is 1. The fourth-order valence-electron chi connectivity index (χ4n) is 2.87. The summed E-state index contributed by atoms with van der Waals surface area (Å²) >= 11 is 0. The first-order chi connectivity index (χ1) is 6.09. The molecule has 0 bridgehead atoms. The van der Waals surface area contributed by atoms with E-state index in [1.807, 2.05) is 6.92 Å². The van der Waals surface area contributed by atoms with E-state index in [-0.39, 0.29) is 5.54 Å². The van der Waals surface area contributed by atoms with Gasteiger partial charge in [-0.25, -0.2) is 4.79 Å². The molecule has 2 aliphatic rings. The molecule has 1 aliphatic carbocycles. The highest BCUT2D eigenvalue weighted by molar-refractivity contribution is 5.65. The van der Waals surface area contributed by atoms with Crippen molar-refractivity contribution < 1.29 is 9.90 Å². The topological polar surface area (TPSA) is 61.4 Å². The molecule has 4 heteroatoms. The van der Waals surface area contributed by atoms with Crippen LogP contribution in [0, 0.1) is 11.8 Å². The van der Waals surface area contributed by atoms with Crippen LogP contribution in [0.15, 0.2) is 0 Å². The van der Waals surface area contributed by atoms with Crippen molar-refractivity contribution in [2.45, 2.75) is 25.3 Å². The number of hydrogen-bond donors (Lipinski definition) is 3. The van der Waals surface area contributed by atoms with Gasteiger partial charge in [-0.15, -0.1) is 0 Å². The molecule has 0 aromatic carbocycles. The lowest BCUT2D eigenvalue weighted by atomic mass is 9.98. The minimum absolute atomic E-state index is 0.177. The zero-order valence-corrected chi connectivity index (χ0v) is 7.84. The lowest BCUT2D eigenvalue weighted by Crippen LogP contribution is -2.44. The Morgan fingerprint density at radius 3 is 2.46 bits per heavy atom. The molecule has 3 N–H and O–H groups in total. The lowest BCUT2D eigenvalue weighted by molar-refractivity contribution is 0.179. The second kappa shape index (κ2) is 2.87. The molecule has 0 aromatic heterocycles. The number of hydrogen-bond acceptors (Lipinski definition) is 2. The Morgan fingerprint density at radius 2 is 2.00 bits per heavy atom. The predicted molar refractivity (Wildman–Crippen MR) is 48.6 cm³/mol. The van der Waals surface area contributed by atoms with E-state index in [2.05, 4.69) is 10.6 Å². The first-order valence-electron chi connectivity index (χ1n) is 4.81. The van der Waals surface area contributed by atoms with Crippen LogP contribution in [0.2, 0.25) is 0 Å². The third-order valence-corrected chi connectivity index (χ3v) is 3.31. The first kappa shape index (κ1) is 8.81. The average molecular weight is 184 g/mol. The maximum atomic E-state index is 10.6. The van der Waals surface area contributed by atoms with Crippen LogP contribution in [0.5, 0.6) is 0 Å². The maximum absolute atomic E-state index is 10.6. The van der Waals surface area contributed by atoms with Crippen LogP contribution >= 0.6 is 0 Å². The van der Waals surface area contributed by atoms with E-state index in [1.165, 1.54) is 0 Å². The minimum atomic E-state index is -0.893. The summed E-state index contributed by atoms with van der Waals surface area (Å²) < 4.78 is 0. The first-order valence-corrected chi connectivity index (χ1v) is 4.81. The van der Waals surface area contributed by atoms with Crippen LogP contribution in [-0.4, -0.2) is 29.8 Å². The molecule has 2 fully saturated rings. The minimum Gasteiger partial charge on any atom is -0.465 e. The molecule has 1 saturated carbocycles. The van der Waals surface area contributed by atoms with Crippen molar-refractivity contribution in [1.29, 1.82) is 0 Å². The van der Waals surface area contributed by atoms with Gasteiger partial charge in [0.2, 0.25) is 0 Å². The van der Waals surface area contributed by atoms with Crippen LogP contribution in [0.25, 0.3) is 0 Å². The number of nitrogens with one attached hydrogen (secondary N) is 2.